The van der Waals surface area contributed by atoms with Gasteiger partial charge in [-0.2, -0.15) is 0 Å². The summed E-state index contributed by atoms with van der Waals surface area (Å²) in [5.41, 5.74) is -0.104. The van der Waals surface area contributed by atoms with Crippen LogP contribution in [0.5, 0.6) is 5.75 Å². The van der Waals surface area contributed by atoms with E-state index < -0.39 is 4.92 Å². The van der Waals surface area contributed by atoms with Gasteiger partial charge in [-0.3, -0.25) is 10.1 Å². The van der Waals surface area contributed by atoms with Gasteiger partial charge in [-0.15, -0.1) is 0 Å². The molecule has 0 bridgehead atoms. The average Bonchev–Trinajstić information content (AvgIpc) is 2.25. The van der Waals surface area contributed by atoms with E-state index in [0.29, 0.717) is 5.02 Å². The van der Waals surface area contributed by atoms with Gasteiger partial charge >= 0.3 is 5.69 Å². The summed E-state index contributed by atoms with van der Waals surface area (Å²) in [5.74, 6) is 0.154. The Bertz CT molecular complexity index is 383. The Labute approximate surface area is 98.1 Å². The van der Waals surface area contributed by atoms with Crippen LogP contribution in [-0.2, 0) is 4.74 Å². The Balaban J connectivity index is 2.84. The SMILES string of the molecule is COC(C)COc1cc(Cl)ccc1[N+](=O)[O-]. The van der Waals surface area contributed by atoms with Crippen LogP contribution >= 0.6 is 11.6 Å². The maximum Gasteiger partial charge on any atom is 0.311 e. The normalized spacial score (nSPS) is 12.2. The minimum atomic E-state index is -0.511. The highest BCUT2D eigenvalue weighted by molar-refractivity contribution is 6.30. The lowest BCUT2D eigenvalue weighted by Crippen LogP contribution is -2.16. The number of methoxy groups -OCH3 is 1. The highest BCUT2D eigenvalue weighted by Crippen LogP contribution is 2.29. The predicted molar refractivity (Wildman–Crippen MR) is 60.1 cm³/mol. The molecule has 0 fully saturated rings. The molecular formula is C10H12ClNO4. The molecular weight excluding hydrogens is 234 g/mol. The topological polar surface area (TPSA) is 61.6 Å². The van der Waals surface area contributed by atoms with E-state index in [-0.39, 0.29) is 24.1 Å². The van der Waals surface area contributed by atoms with Crippen molar-refractivity contribution in [3.05, 3.63) is 33.3 Å². The van der Waals surface area contributed by atoms with Crippen molar-refractivity contribution in [2.24, 2.45) is 0 Å². The van der Waals surface area contributed by atoms with Crippen LogP contribution in [0.4, 0.5) is 5.69 Å². The molecule has 1 aromatic carbocycles. The monoisotopic (exact) mass is 245 g/mol. The summed E-state index contributed by atoms with van der Waals surface area (Å²) in [6.07, 6.45) is -0.140. The highest BCUT2D eigenvalue weighted by Gasteiger charge is 2.16. The van der Waals surface area contributed by atoms with Crippen molar-refractivity contribution in [1.82, 2.24) is 0 Å². The molecule has 0 radical (unpaired) electrons. The molecule has 0 heterocycles. The first-order valence-electron chi connectivity index (χ1n) is 4.64. The van der Waals surface area contributed by atoms with Gasteiger partial charge in [-0.25, -0.2) is 0 Å². The zero-order chi connectivity index (χ0) is 12.1. The molecule has 1 aromatic rings. The summed E-state index contributed by atoms with van der Waals surface area (Å²) >= 11 is 5.74. The van der Waals surface area contributed by atoms with Crippen molar-refractivity contribution < 1.29 is 14.4 Å². The van der Waals surface area contributed by atoms with Crippen LogP contribution in [-0.4, -0.2) is 24.7 Å². The second kappa shape index (κ2) is 5.67. The van der Waals surface area contributed by atoms with Crippen LogP contribution in [0.15, 0.2) is 18.2 Å². The molecule has 0 saturated carbocycles. The lowest BCUT2D eigenvalue weighted by atomic mass is 10.3. The first-order chi connectivity index (χ1) is 7.54. The van der Waals surface area contributed by atoms with Crippen molar-refractivity contribution in [3.8, 4) is 5.75 Å². The molecule has 88 valence electrons. The molecule has 1 atom stereocenters. The van der Waals surface area contributed by atoms with E-state index in [1.54, 1.807) is 14.0 Å². The zero-order valence-corrected chi connectivity index (χ0v) is 9.73. The molecule has 0 aliphatic heterocycles. The third-order valence-corrected chi connectivity index (χ3v) is 2.23. The van der Waals surface area contributed by atoms with Crippen molar-refractivity contribution in [2.75, 3.05) is 13.7 Å². The van der Waals surface area contributed by atoms with Gasteiger partial charge in [0.25, 0.3) is 0 Å². The van der Waals surface area contributed by atoms with E-state index >= 15 is 0 Å². The number of hydrogen-bond donors (Lipinski definition) is 0. The molecule has 5 nitrogen and oxygen atoms in total. The van der Waals surface area contributed by atoms with Gasteiger partial charge in [0.15, 0.2) is 5.75 Å². The third-order valence-electron chi connectivity index (χ3n) is 1.99. The second-order valence-corrected chi connectivity index (χ2v) is 3.66. The molecule has 0 N–H and O–H groups in total. The van der Waals surface area contributed by atoms with Crippen LogP contribution in [0.3, 0.4) is 0 Å². The predicted octanol–water partition coefficient (Wildman–Crippen LogP) is 2.66. The van der Waals surface area contributed by atoms with Gasteiger partial charge in [-0.05, 0) is 13.0 Å². The molecule has 0 aliphatic rings. The Morgan fingerprint density at radius 3 is 2.81 bits per heavy atom. The minimum absolute atomic E-state index is 0.104. The van der Waals surface area contributed by atoms with Gasteiger partial charge in [-0.1, -0.05) is 11.6 Å². The Kier molecular flexibility index (Phi) is 4.52. The smallest absolute Gasteiger partial charge is 0.311 e. The van der Waals surface area contributed by atoms with Crippen molar-refractivity contribution in [3.63, 3.8) is 0 Å². The maximum atomic E-state index is 10.7. The summed E-state index contributed by atoms with van der Waals surface area (Å²) in [6, 6.07) is 4.18. The average molecular weight is 246 g/mol. The van der Waals surface area contributed by atoms with Gasteiger partial charge in [0, 0.05) is 24.3 Å². The Hall–Kier alpha value is -1.33. The molecule has 0 amide bonds. The number of rotatable bonds is 5. The first-order valence-corrected chi connectivity index (χ1v) is 5.02. The Morgan fingerprint density at radius 2 is 2.25 bits per heavy atom. The fourth-order valence-electron chi connectivity index (χ4n) is 1.03. The summed E-state index contributed by atoms with van der Waals surface area (Å²) in [5, 5.41) is 11.1. The lowest BCUT2D eigenvalue weighted by molar-refractivity contribution is -0.385. The molecule has 16 heavy (non-hydrogen) atoms. The summed E-state index contributed by atoms with van der Waals surface area (Å²) in [7, 11) is 1.54. The van der Waals surface area contributed by atoms with Crippen molar-refractivity contribution >= 4 is 17.3 Å². The summed E-state index contributed by atoms with van der Waals surface area (Å²) in [6.45, 7) is 2.04. The molecule has 1 rings (SSSR count). The second-order valence-electron chi connectivity index (χ2n) is 3.23. The zero-order valence-electron chi connectivity index (χ0n) is 8.97. The maximum absolute atomic E-state index is 10.7. The number of nitrogens with zero attached hydrogens (tertiary/aromatic N) is 1. The molecule has 0 spiro atoms. The Morgan fingerprint density at radius 1 is 1.56 bits per heavy atom. The summed E-state index contributed by atoms with van der Waals surface area (Å²) < 4.78 is 10.3. The lowest BCUT2D eigenvalue weighted by Gasteiger charge is -2.11. The number of nitro benzene ring substituents is 1. The number of nitro groups is 1. The number of benzene rings is 1. The third kappa shape index (κ3) is 3.36. The van der Waals surface area contributed by atoms with E-state index in [9.17, 15) is 10.1 Å². The van der Waals surface area contributed by atoms with Crippen LogP contribution in [0.2, 0.25) is 5.02 Å². The molecule has 0 aromatic heterocycles. The van der Waals surface area contributed by atoms with Crippen LogP contribution in [0.25, 0.3) is 0 Å². The fraction of sp³-hybridized carbons (Fsp3) is 0.400. The first kappa shape index (κ1) is 12.7. The van der Waals surface area contributed by atoms with Crippen molar-refractivity contribution in [1.29, 1.82) is 0 Å². The van der Waals surface area contributed by atoms with E-state index in [4.69, 9.17) is 21.1 Å². The van der Waals surface area contributed by atoms with Gasteiger partial charge < -0.3 is 9.47 Å². The molecule has 0 aliphatic carbocycles. The van der Waals surface area contributed by atoms with E-state index in [1.165, 1.54) is 18.2 Å². The standard InChI is InChI=1S/C10H12ClNO4/c1-7(15-2)6-16-10-5-8(11)3-4-9(10)12(13)14/h3-5,7H,6H2,1-2H3. The molecule has 6 heteroatoms. The van der Waals surface area contributed by atoms with Gasteiger partial charge in [0.1, 0.15) is 6.61 Å². The fourth-order valence-corrected chi connectivity index (χ4v) is 1.19. The van der Waals surface area contributed by atoms with Crippen LogP contribution in [0, 0.1) is 10.1 Å². The largest absolute Gasteiger partial charge is 0.484 e. The highest BCUT2D eigenvalue weighted by atomic mass is 35.5. The number of hydrogen-bond acceptors (Lipinski definition) is 4. The minimum Gasteiger partial charge on any atom is -0.484 e. The number of ether oxygens (including phenoxy) is 2. The van der Waals surface area contributed by atoms with E-state index in [2.05, 4.69) is 0 Å². The molecule has 1 unspecified atom stereocenters. The van der Waals surface area contributed by atoms with Crippen LogP contribution < -0.4 is 4.74 Å². The van der Waals surface area contributed by atoms with Crippen molar-refractivity contribution in [2.45, 2.75) is 13.0 Å². The molecule has 0 saturated heterocycles. The van der Waals surface area contributed by atoms with Crippen LogP contribution in [0.1, 0.15) is 6.92 Å². The summed E-state index contributed by atoms with van der Waals surface area (Å²) in [4.78, 5) is 10.2. The quantitative estimate of drug-likeness (QED) is 0.591. The van der Waals surface area contributed by atoms with E-state index in [1.807, 2.05) is 0 Å². The van der Waals surface area contributed by atoms with Gasteiger partial charge in [0.05, 0.1) is 11.0 Å². The number of halogens is 1. The van der Waals surface area contributed by atoms with E-state index in [0.717, 1.165) is 0 Å². The van der Waals surface area contributed by atoms with Gasteiger partial charge in [0.2, 0.25) is 0 Å².